The van der Waals surface area contributed by atoms with Gasteiger partial charge in [0.05, 0.1) is 35.0 Å². The zero-order chi connectivity index (χ0) is 23.4. The van der Waals surface area contributed by atoms with Crippen LogP contribution >= 0.6 is 46.4 Å². The highest BCUT2D eigenvalue weighted by molar-refractivity contribution is 6.39. The molecule has 1 unspecified atom stereocenters. The number of rotatable bonds is 8. The molecule has 1 atom stereocenters. The topological polar surface area (TPSA) is 40.6 Å². The normalized spacial score (nSPS) is 12.3. The standard InChI is InChI=1S/C25H19Cl4NO3/c1-31-33-24(32-14-17-18(26)4-2-5-19(17)27)13-15-8-10-22-16(12-15)9-11-23(30-22)25-20(28)6-3-7-21(25)29/h2-12,24H,13-14H2,1H3. The summed E-state index contributed by atoms with van der Waals surface area (Å²) in [5, 5.41) is 3.14. The van der Waals surface area contributed by atoms with Gasteiger partial charge in [0.15, 0.2) is 6.29 Å². The van der Waals surface area contributed by atoms with Crippen LogP contribution in [0, 0.1) is 0 Å². The van der Waals surface area contributed by atoms with E-state index in [9.17, 15) is 0 Å². The van der Waals surface area contributed by atoms with E-state index in [1.807, 2.05) is 36.4 Å². The largest absolute Gasteiger partial charge is 0.345 e. The molecule has 170 valence electrons. The average molecular weight is 523 g/mol. The first-order valence-corrected chi connectivity index (χ1v) is 11.6. The van der Waals surface area contributed by atoms with Gasteiger partial charge in [0, 0.05) is 33.0 Å². The molecule has 0 aliphatic carbocycles. The van der Waals surface area contributed by atoms with E-state index in [0.29, 0.717) is 43.3 Å². The molecule has 0 saturated heterocycles. The summed E-state index contributed by atoms with van der Waals surface area (Å²) in [7, 11) is 1.44. The van der Waals surface area contributed by atoms with Crippen molar-refractivity contribution in [1.29, 1.82) is 0 Å². The number of fused-ring (bicyclic) bond motifs is 1. The van der Waals surface area contributed by atoms with Gasteiger partial charge in [-0.05, 0) is 48.0 Å². The Hall–Kier alpha value is -1.89. The molecular weight excluding hydrogens is 504 g/mol. The Bertz CT molecular complexity index is 1240. The van der Waals surface area contributed by atoms with Gasteiger partial charge in [-0.25, -0.2) is 14.8 Å². The Balaban J connectivity index is 1.53. The molecule has 4 rings (SSSR count). The molecule has 3 aromatic carbocycles. The fourth-order valence-corrected chi connectivity index (χ4v) is 4.55. The second-order valence-electron chi connectivity index (χ2n) is 7.23. The second-order valence-corrected chi connectivity index (χ2v) is 8.86. The summed E-state index contributed by atoms with van der Waals surface area (Å²) in [6.45, 7) is 0.184. The number of pyridine rings is 1. The summed E-state index contributed by atoms with van der Waals surface area (Å²) in [5.74, 6) is 0. The minimum Gasteiger partial charge on any atom is -0.345 e. The Morgan fingerprint density at radius 3 is 2.15 bits per heavy atom. The third-order valence-electron chi connectivity index (χ3n) is 5.05. The van der Waals surface area contributed by atoms with Gasteiger partial charge in [0.25, 0.3) is 0 Å². The molecule has 0 fully saturated rings. The van der Waals surface area contributed by atoms with Crippen LogP contribution in [0.3, 0.4) is 0 Å². The molecule has 8 heteroatoms. The summed E-state index contributed by atoms with van der Waals surface area (Å²) >= 11 is 25.1. The number of nitrogens with zero attached hydrogens (tertiary/aromatic N) is 1. The van der Waals surface area contributed by atoms with Gasteiger partial charge in [0.1, 0.15) is 0 Å². The lowest BCUT2D eigenvalue weighted by Gasteiger charge is -2.18. The van der Waals surface area contributed by atoms with Crippen LogP contribution in [0.4, 0.5) is 0 Å². The number of hydrogen-bond donors (Lipinski definition) is 0. The number of ether oxygens (including phenoxy) is 1. The van der Waals surface area contributed by atoms with Crippen molar-refractivity contribution < 1.29 is 14.5 Å². The van der Waals surface area contributed by atoms with E-state index < -0.39 is 6.29 Å². The lowest BCUT2D eigenvalue weighted by atomic mass is 10.1. The third-order valence-corrected chi connectivity index (χ3v) is 6.39. The highest BCUT2D eigenvalue weighted by Gasteiger charge is 2.16. The van der Waals surface area contributed by atoms with Crippen LogP contribution in [0.25, 0.3) is 22.2 Å². The van der Waals surface area contributed by atoms with Gasteiger partial charge < -0.3 is 4.74 Å². The van der Waals surface area contributed by atoms with Crippen LogP contribution in [-0.2, 0) is 27.5 Å². The van der Waals surface area contributed by atoms with Crippen LogP contribution in [-0.4, -0.2) is 18.4 Å². The maximum atomic E-state index is 6.34. The minimum atomic E-state index is -0.658. The molecule has 0 bridgehead atoms. The predicted molar refractivity (Wildman–Crippen MR) is 134 cm³/mol. The first kappa shape index (κ1) is 24.2. The third kappa shape index (κ3) is 5.79. The zero-order valence-corrected chi connectivity index (χ0v) is 20.5. The lowest BCUT2D eigenvalue weighted by molar-refractivity contribution is -0.365. The van der Waals surface area contributed by atoms with E-state index in [-0.39, 0.29) is 6.61 Å². The van der Waals surface area contributed by atoms with Crippen LogP contribution in [0.5, 0.6) is 0 Å². The number of hydrogen-bond acceptors (Lipinski definition) is 4. The molecule has 0 amide bonds. The van der Waals surface area contributed by atoms with Gasteiger partial charge in [-0.1, -0.05) is 70.7 Å². The minimum absolute atomic E-state index is 0.184. The highest BCUT2D eigenvalue weighted by Crippen LogP contribution is 2.34. The number of benzene rings is 3. The van der Waals surface area contributed by atoms with Gasteiger partial charge in [-0.3, -0.25) is 0 Å². The maximum Gasteiger partial charge on any atom is 0.195 e. The quantitative estimate of drug-likeness (QED) is 0.133. The lowest BCUT2D eigenvalue weighted by Crippen LogP contribution is -2.20. The smallest absolute Gasteiger partial charge is 0.195 e. The molecule has 0 saturated carbocycles. The van der Waals surface area contributed by atoms with Crippen LogP contribution in [0.1, 0.15) is 11.1 Å². The first-order chi connectivity index (χ1) is 16.0. The van der Waals surface area contributed by atoms with Crippen LogP contribution in [0.15, 0.2) is 66.7 Å². The molecule has 0 aliphatic rings. The van der Waals surface area contributed by atoms with Gasteiger partial charge in [-0.2, -0.15) is 0 Å². The molecule has 4 nitrogen and oxygen atoms in total. The van der Waals surface area contributed by atoms with Crippen molar-refractivity contribution in [3.8, 4) is 11.3 Å². The van der Waals surface area contributed by atoms with E-state index in [0.717, 1.165) is 16.5 Å². The van der Waals surface area contributed by atoms with Crippen molar-refractivity contribution in [1.82, 2.24) is 4.98 Å². The van der Waals surface area contributed by atoms with Crippen molar-refractivity contribution in [2.24, 2.45) is 0 Å². The average Bonchev–Trinajstić information content (AvgIpc) is 2.79. The fraction of sp³-hybridized carbons (Fsp3) is 0.160. The van der Waals surface area contributed by atoms with Crippen molar-refractivity contribution in [3.63, 3.8) is 0 Å². The summed E-state index contributed by atoms with van der Waals surface area (Å²) in [5.41, 5.74) is 3.93. The number of aromatic nitrogens is 1. The molecule has 4 aromatic rings. The van der Waals surface area contributed by atoms with E-state index >= 15 is 0 Å². The van der Waals surface area contributed by atoms with E-state index in [2.05, 4.69) is 0 Å². The summed E-state index contributed by atoms with van der Waals surface area (Å²) in [6, 6.07) is 20.5. The highest BCUT2D eigenvalue weighted by atomic mass is 35.5. The SMILES string of the molecule is COOC(Cc1ccc2nc(-c3c(Cl)cccc3Cl)ccc2c1)OCc1c(Cl)cccc1Cl. The van der Waals surface area contributed by atoms with Crippen molar-refractivity contribution >= 4 is 57.3 Å². The molecule has 33 heavy (non-hydrogen) atoms. The monoisotopic (exact) mass is 521 g/mol. The molecule has 0 N–H and O–H groups in total. The fourth-order valence-electron chi connectivity index (χ4n) is 3.45. The Labute approximate surface area is 211 Å². The molecule has 0 radical (unpaired) electrons. The summed E-state index contributed by atoms with van der Waals surface area (Å²) < 4.78 is 5.89. The van der Waals surface area contributed by atoms with Gasteiger partial charge in [0.2, 0.25) is 0 Å². The summed E-state index contributed by atoms with van der Waals surface area (Å²) in [4.78, 5) is 14.9. The van der Waals surface area contributed by atoms with Crippen molar-refractivity contribution in [2.75, 3.05) is 7.11 Å². The Morgan fingerprint density at radius 2 is 1.48 bits per heavy atom. The van der Waals surface area contributed by atoms with E-state index in [1.165, 1.54) is 7.11 Å². The zero-order valence-electron chi connectivity index (χ0n) is 17.5. The molecule has 1 aromatic heterocycles. The molecule has 0 aliphatic heterocycles. The Kier molecular flexibility index (Phi) is 8.10. The second kappa shape index (κ2) is 11.0. The van der Waals surface area contributed by atoms with E-state index in [4.69, 9.17) is 65.9 Å². The molecule has 0 spiro atoms. The maximum absolute atomic E-state index is 6.34. The Morgan fingerprint density at radius 1 is 0.818 bits per heavy atom. The number of halogens is 4. The molecular formula is C25H19Cl4NO3. The first-order valence-electron chi connectivity index (χ1n) is 10.0. The molecule has 1 heterocycles. The van der Waals surface area contributed by atoms with Crippen molar-refractivity contribution in [3.05, 3.63) is 97.9 Å². The van der Waals surface area contributed by atoms with E-state index in [1.54, 1.807) is 30.3 Å². The van der Waals surface area contributed by atoms with Gasteiger partial charge in [-0.15, -0.1) is 0 Å². The van der Waals surface area contributed by atoms with Crippen molar-refractivity contribution in [2.45, 2.75) is 19.3 Å². The predicted octanol–water partition coefficient (Wildman–Crippen LogP) is 8.18. The van der Waals surface area contributed by atoms with Crippen LogP contribution in [0.2, 0.25) is 20.1 Å². The summed E-state index contributed by atoms with van der Waals surface area (Å²) in [6.07, 6.45) is -0.210. The van der Waals surface area contributed by atoms with Gasteiger partial charge >= 0.3 is 0 Å². The van der Waals surface area contributed by atoms with Crippen LogP contribution < -0.4 is 0 Å².